The maximum absolute atomic E-state index is 5.46. The van der Waals surface area contributed by atoms with Crippen LogP contribution in [0.5, 0.6) is 0 Å². The first-order chi connectivity index (χ1) is 10.7. The monoisotopic (exact) mass is 321 g/mol. The van der Waals surface area contributed by atoms with Crippen LogP contribution in [0.3, 0.4) is 0 Å². The molecule has 0 aliphatic carbocycles. The average Bonchev–Trinajstić information content (AvgIpc) is 2.54. The van der Waals surface area contributed by atoms with Crippen molar-refractivity contribution in [3.63, 3.8) is 0 Å². The zero-order chi connectivity index (χ0) is 15.8. The summed E-state index contributed by atoms with van der Waals surface area (Å²) in [6, 6.07) is 8.82. The molecular weight excluding hydrogens is 294 g/mol. The van der Waals surface area contributed by atoms with Gasteiger partial charge >= 0.3 is 0 Å². The number of thiocarbonyl (C=S) groups is 1. The van der Waals surface area contributed by atoms with Crippen LogP contribution in [0.4, 0.5) is 0 Å². The Bertz CT molecular complexity index is 455. The van der Waals surface area contributed by atoms with Crippen LogP contribution in [0.15, 0.2) is 24.3 Å². The van der Waals surface area contributed by atoms with Gasteiger partial charge in [-0.25, -0.2) is 0 Å². The zero-order valence-electron chi connectivity index (χ0n) is 13.7. The van der Waals surface area contributed by atoms with Gasteiger partial charge in [0.25, 0.3) is 0 Å². The van der Waals surface area contributed by atoms with Gasteiger partial charge in [0, 0.05) is 53.0 Å². The number of ether oxygens (including phenoxy) is 1. The average molecular weight is 321 g/mol. The van der Waals surface area contributed by atoms with Crippen LogP contribution in [-0.4, -0.2) is 61.4 Å². The lowest BCUT2D eigenvalue weighted by Crippen LogP contribution is -2.51. The van der Waals surface area contributed by atoms with Crippen molar-refractivity contribution in [1.82, 2.24) is 15.1 Å². The molecule has 4 nitrogen and oxygen atoms in total. The molecule has 1 saturated heterocycles. The number of aryl methyl sites for hydroxylation is 1. The number of nitrogens with zero attached hydrogens (tertiary/aromatic N) is 2. The number of hydrogen-bond acceptors (Lipinski definition) is 3. The first-order valence-electron chi connectivity index (χ1n) is 7.98. The van der Waals surface area contributed by atoms with E-state index in [0.29, 0.717) is 0 Å². The summed E-state index contributed by atoms with van der Waals surface area (Å²) in [7, 11) is 1.73. The first-order valence-corrected chi connectivity index (χ1v) is 8.39. The van der Waals surface area contributed by atoms with Crippen molar-refractivity contribution in [2.45, 2.75) is 19.9 Å². The van der Waals surface area contributed by atoms with E-state index < -0.39 is 0 Å². The predicted octanol–water partition coefficient (Wildman–Crippen LogP) is 2.02. The third kappa shape index (κ3) is 5.55. The van der Waals surface area contributed by atoms with Gasteiger partial charge in [0.2, 0.25) is 0 Å². The summed E-state index contributed by atoms with van der Waals surface area (Å²) >= 11 is 5.46. The quantitative estimate of drug-likeness (QED) is 0.639. The molecule has 0 atom stereocenters. The van der Waals surface area contributed by atoms with Crippen molar-refractivity contribution < 1.29 is 4.74 Å². The van der Waals surface area contributed by atoms with Crippen molar-refractivity contribution in [3.05, 3.63) is 35.4 Å². The minimum absolute atomic E-state index is 0.778. The maximum atomic E-state index is 5.46. The highest BCUT2D eigenvalue weighted by Gasteiger charge is 2.18. The van der Waals surface area contributed by atoms with E-state index in [9.17, 15) is 0 Å². The highest BCUT2D eigenvalue weighted by molar-refractivity contribution is 7.80. The zero-order valence-corrected chi connectivity index (χ0v) is 14.5. The molecule has 1 N–H and O–H groups in total. The fourth-order valence-electron chi connectivity index (χ4n) is 2.58. The molecule has 0 saturated carbocycles. The minimum atomic E-state index is 0.778. The first kappa shape index (κ1) is 17.2. The number of benzene rings is 1. The maximum Gasteiger partial charge on any atom is 0.169 e. The SMILES string of the molecule is COCCCNC(=S)N1CCN(Cc2ccc(C)cc2)CC1. The molecule has 1 aliphatic rings. The molecule has 2 rings (SSSR count). The molecule has 1 heterocycles. The van der Waals surface area contributed by atoms with Gasteiger partial charge in [-0.15, -0.1) is 0 Å². The van der Waals surface area contributed by atoms with Crippen LogP contribution in [0.2, 0.25) is 0 Å². The van der Waals surface area contributed by atoms with Gasteiger partial charge in [-0.1, -0.05) is 29.8 Å². The number of nitrogens with one attached hydrogen (secondary N) is 1. The van der Waals surface area contributed by atoms with Gasteiger partial charge in [-0.2, -0.15) is 0 Å². The molecule has 0 amide bonds. The lowest BCUT2D eigenvalue weighted by Gasteiger charge is -2.36. The van der Waals surface area contributed by atoms with E-state index in [-0.39, 0.29) is 0 Å². The summed E-state index contributed by atoms with van der Waals surface area (Å²) in [5, 5.41) is 4.20. The molecule has 1 aromatic rings. The molecular formula is C17H27N3OS. The van der Waals surface area contributed by atoms with Gasteiger partial charge in [-0.3, -0.25) is 4.90 Å². The highest BCUT2D eigenvalue weighted by Crippen LogP contribution is 2.10. The summed E-state index contributed by atoms with van der Waals surface area (Å²) in [6.45, 7) is 8.95. The Kier molecular flexibility index (Phi) is 7.09. The van der Waals surface area contributed by atoms with E-state index in [2.05, 4.69) is 46.3 Å². The second-order valence-corrected chi connectivity index (χ2v) is 6.21. The molecule has 1 aromatic carbocycles. The molecule has 0 bridgehead atoms. The number of rotatable bonds is 6. The summed E-state index contributed by atoms with van der Waals surface area (Å²) in [6.07, 6.45) is 0.990. The van der Waals surface area contributed by atoms with Gasteiger partial charge in [0.15, 0.2) is 5.11 Å². The molecule has 1 fully saturated rings. The van der Waals surface area contributed by atoms with Gasteiger partial charge in [0.05, 0.1) is 0 Å². The lowest BCUT2D eigenvalue weighted by atomic mass is 10.1. The van der Waals surface area contributed by atoms with E-state index in [1.807, 2.05) is 0 Å². The fourth-order valence-corrected chi connectivity index (χ4v) is 2.87. The summed E-state index contributed by atoms with van der Waals surface area (Å²) < 4.78 is 5.04. The third-order valence-corrected chi connectivity index (χ3v) is 4.39. The number of piperazine rings is 1. The van der Waals surface area contributed by atoms with Gasteiger partial charge < -0.3 is 15.0 Å². The minimum Gasteiger partial charge on any atom is -0.385 e. The van der Waals surface area contributed by atoms with Crippen LogP contribution in [0, 0.1) is 6.92 Å². The highest BCUT2D eigenvalue weighted by atomic mass is 32.1. The fraction of sp³-hybridized carbons (Fsp3) is 0.588. The molecule has 1 aliphatic heterocycles. The Morgan fingerprint density at radius 2 is 1.86 bits per heavy atom. The van der Waals surface area contributed by atoms with Crippen LogP contribution in [0.1, 0.15) is 17.5 Å². The Hall–Kier alpha value is -1.17. The van der Waals surface area contributed by atoms with Crippen LogP contribution >= 0.6 is 12.2 Å². The Balaban J connectivity index is 1.68. The third-order valence-electron chi connectivity index (χ3n) is 3.99. The van der Waals surface area contributed by atoms with Crippen molar-refractivity contribution in [1.29, 1.82) is 0 Å². The molecule has 0 radical (unpaired) electrons. The standard InChI is InChI=1S/C17H27N3OS/c1-15-4-6-16(7-5-15)14-19-9-11-20(12-10-19)17(22)18-8-3-13-21-2/h4-7H,3,8-14H2,1-2H3,(H,18,22). The van der Waals surface area contributed by atoms with E-state index >= 15 is 0 Å². The van der Waals surface area contributed by atoms with E-state index in [1.54, 1.807) is 7.11 Å². The van der Waals surface area contributed by atoms with Crippen LogP contribution in [0.25, 0.3) is 0 Å². The smallest absolute Gasteiger partial charge is 0.169 e. The summed E-state index contributed by atoms with van der Waals surface area (Å²) in [5.74, 6) is 0. The Morgan fingerprint density at radius 3 is 2.50 bits per heavy atom. The molecule has 122 valence electrons. The van der Waals surface area contributed by atoms with Crippen LogP contribution < -0.4 is 5.32 Å². The van der Waals surface area contributed by atoms with Crippen molar-refractivity contribution in [2.75, 3.05) is 46.4 Å². The van der Waals surface area contributed by atoms with Crippen molar-refractivity contribution in [3.8, 4) is 0 Å². The number of methoxy groups -OCH3 is 1. The second kappa shape index (κ2) is 9.08. The van der Waals surface area contributed by atoms with Crippen LogP contribution in [-0.2, 0) is 11.3 Å². The Morgan fingerprint density at radius 1 is 1.18 bits per heavy atom. The summed E-state index contributed by atoms with van der Waals surface area (Å²) in [5.41, 5.74) is 2.71. The summed E-state index contributed by atoms with van der Waals surface area (Å²) in [4.78, 5) is 4.77. The number of hydrogen-bond donors (Lipinski definition) is 1. The topological polar surface area (TPSA) is 27.7 Å². The molecule has 0 unspecified atom stereocenters. The molecule has 5 heteroatoms. The largest absolute Gasteiger partial charge is 0.385 e. The van der Waals surface area contributed by atoms with E-state index in [0.717, 1.165) is 57.4 Å². The predicted molar refractivity (Wildman–Crippen MR) is 95.1 cm³/mol. The van der Waals surface area contributed by atoms with Gasteiger partial charge in [0.1, 0.15) is 0 Å². The van der Waals surface area contributed by atoms with Crippen molar-refractivity contribution >= 4 is 17.3 Å². The van der Waals surface area contributed by atoms with E-state index in [4.69, 9.17) is 17.0 Å². The Labute approximate surface area is 139 Å². The second-order valence-electron chi connectivity index (χ2n) is 5.83. The lowest BCUT2D eigenvalue weighted by molar-refractivity contribution is 0.173. The van der Waals surface area contributed by atoms with E-state index in [1.165, 1.54) is 11.1 Å². The molecule has 22 heavy (non-hydrogen) atoms. The molecule has 0 spiro atoms. The molecule has 0 aromatic heterocycles. The normalized spacial score (nSPS) is 15.8. The van der Waals surface area contributed by atoms with Gasteiger partial charge in [-0.05, 0) is 31.1 Å². The van der Waals surface area contributed by atoms with Crippen molar-refractivity contribution in [2.24, 2.45) is 0 Å².